The Labute approximate surface area is 164 Å². The van der Waals surface area contributed by atoms with Gasteiger partial charge in [-0.25, -0.2) is 0 Å². The number of ether oxygens (including phenoxy) is 1. The maximum absolute atomic E-state index is 12.9. The van der Waals surface area contributed by atoms with Crippen molar-refractivity contribution in [3.05, 3.63) is 65.7 Å². The molecular weight excluding hydrogens is 354 g/mol. The minimum absolute atomic E-state index is 0.0149. The van der Waals surface area contributed by atoms with Crippen LogP contribution in [0.2, 0.25) is 0 Å². The Morgan fingerprint density at radius 1 is 1.11 bits per heavy atom. The average molecular weight is 379 g/mol. The molecule has 28 heavy (non-hydrogen) atoms. The van der Waals surface area contributed by atoms with Crippen LogP contribution in [0.25, 0.3) is 0 Å². The molecule has 0 aromatic heterocycles. The molecule has 3 atom stereocenters. The normalized spacial score (nSPS) is 25.7. The molecule has 0 spiro atoms. The Bertz CT molecular complexity index is 864. The Morgan fingerprint density at radius 3 is 2.50 bits per heavy atom. The number of aliphatic carboxylic acids is 1. The van der Waals surface area contributed by atoms with Crippen LogP contribution in [0.1, 0.15) is 30.4 Å². The summed E-state index contributed by atoms with van der Waals surface area (Å²) in [6, 6.07) is 17.0. The van der Waals surface area contributed by atoms with Gasteiger partial charge in [0.1, 0.15) is 5.75 Å². The zero-order valence-corrected chi connectivity index (χ0v) is 16.0. The number of fused-ring (bicyclic) bond motifs is 2. The van der Waals surface area contributed by atoms with Gasteiger partial charge in [-0.1, -0.05) is 48.0 Å². The van der Waals surface area contributed by atoms with Crippen LogP contribution in [0.5, 0.6) is 5.75 Å². The third-order valence-electron chi connectivity index (χ3n) is 6.20. The predicted octanol–water partition coefficient (Wildman–Crippen LogP) is 3.45. The molecule has 0 aliphatic carbocycles. The zero-order chi connectivity index (χ0) is 19.7. The number of hydrogen-bond acceptors (Lipinski definition) is 3. The van der Waals surface area contributed by atoms with Crippen LogP contribution in [-0.2, 0) is 16.0 Å². The van der Waals surface area contributed by atoms with E-state index in [0.717, 1.165) is 24.0 Å². The molecule has 0 radical (unpaired) electrons. The number of carboxylic acid groups (broad SMARTS) is 1. The van der Waals surface area contributed by atoms with E-state index in [0.29, 0.717) is 18.6 Å². The average Bonchev–Trinajstić information content (AvgIpc) is 3.24. The largest absolute Gasteiger partial charge is 0.484 e. The summed E-state index contributed by atoms with van der Waals surface area (Å²) in [6.45, 7) is 1.94. The van der Waals surface area contributed by atoms with Crippen LogP contribution < -0.4 is 4.74 Å². The van der Waals surface area contributed by atoms with Crippen molar-refractivity contribution in [1.29, 1.82) is 0 Å². The highest BCUT2D eigenvalue weighted by atomic mass is 16.5. The highest BCUT2D eigenvalue weighted by molar-refractivity contribution is 5.84. The summed E-state index contributed by atoms with van der Waals surface area (Å²) in [7, 11) is 0. The van der Waals surface area contributed by atoms with E-state index in [-0.39, 0.29) is 24.6 Å². The van der Waals surface area contributed by atoms with Gasteiger partial charge in [0.15, 0.2) is 6.61 Å². The lowest BCUT2D eigenvalue weighted by Crippen LogP contribution is -2.47. The van der Waals surface area contributed by atoms with Crippen molar-refractivity contribution in [1.82, 2.24) is 4.90 Å². The molecule has 2 aliphatic heterocycles. The van der Waals surface area contributed by atoms with E-state index in [1.807, 2.05) is 61.5 Å². The van der Waals surface area contributed by atoms with Crippen molar-refractivity contribution >= 4 is 11.9 Å². The molecule has 2 aromatic carbocycles. The predicted molar refractivity (Wildman–Crippen MR) is 105 cm³/mol. The summed E-state index contributed by atoms with van der Waals surface area (Å²) in [5.74, 6) is -0.274. The molecule has 1 N–H and O–H groups in total. The number of amides is 1. The van der Waals surface area contributed by atoms with E-state index in [4.69, 9.17) is 4.74 Å². The number of aryl methyl sites for hydroxylation is 1. The molecule has 2 aromatic rings. The molecule has 2 fully saturated rings. The summed E-state index contributed by atoms with van der Waals surface area (Å²) in [4.78, 5) is 27.0. The van der Waals surface area contributed by atoms with Crippen LogP contribution in [0.15, 0.2) is 54.6 Å². The van der Waals surface area contributed by atoms with Crippen molar-refractivity contribution in [3.8, 4) is 5.75 Å². The van der Waals surface area contributed by atoms with Crippen LogP contribution >= 0.6 is 0 Å². The second-order valence-corrected chi connectivity index (χ2v) is 7.98. The first-order chi connectivity index (χ1) is 13.5. The minimum Gasteiger partial charge on any atom is -0.484 e. The molecule has 5 nitrogen and oxygen atoms in total. The molecule has 0 saturated carbocycles. The summed E-state index contributed by atoms with van der Waals surface area (Å²) in [5, 5.41) is 10.1. The van der Waals surface area contributed by atoms with Gasteiger partial charge < -0.3 is 14.7 Å². The van der Waals surface area contributed by atoms with Gasteiger partial charge in [-0.3, -0.25) is 9.59 Å². The highest BCUT2D eigenvalue weighted by Gasteiger charge is 2.61. The quantitative estimate of drug-likeness (QED) is 0.835. The van der Waals surface area contributed by atoms with Gasteiger partial charge >= 0.3 is 5.97 Å². The van der Waals surface area contributed by atoms with Crippen molar-refractivity contribution in [2.45, 2.75) is 44.7 Å². The van der Waals surface area contributed by atoms with Crippen LogP contribution in [-0.4, -0.2) is 40.6 Å². The Hall–Kier alpha value is -2.82. The van der Waals surface area contributed by atoms with E-state index in [9.17, 15) is 14.7 Å². The van der Waals surface area contributed by atoms with Gasteiger partial charge in [0.2, 0.25) is 0 Å². The van der Waals surface area contributed by atoms with Crippen molar-refractivity contribution in [2.24, 2.45) is 5.41 Å². The molecule has 146 valence electrons. The first kappa shape index (κ1) is 18.5. The SMILES string of the molecule is Cc1ccc(OCC(=O)N2[C@H]3CC[C@@H]2[C@](Cc2ccccc2)(C(=O)O)C3)cc1. The molecule has 1 amide bonds. The van der Waals surface area contributed by atoms with Gasteiger partial charge in [-0.2, -0.15) is 0 Å². The van der Waals surface area contributed by atoms with E-state index in [2.05, 4.69) is 0 Å². The maximum atomic E-state index is 12.9. The van der Waals surface area contributed by atoms with E-state index < -0.39 is 11.4 Å². The van der Waals surface area contributed by atoms with E-state index >= 15 is 0 Å². The number of hydrogen-bond donors (Lipinski definition) is 1. The van der Waals surface area contributed by atoms with Crippen molar-refractivity contribution < 1.29 is 19.4 Å². The summed E-state index contributed by atoms with van der Waals surface area (Å²) >= 11 is 0. The molecule has 2 aliphatic rings. The highest BCUT2D eigenvalue weighted by Crippen LogP contribution is 2.51. The monoisotopic (exact) mass is 379 g/mol. The molecule has 5 heteroatoms. The van der Waals surface area contributed by atoms with Crippen molar-refractivity contribution in [2.75, 3.05) is 6.61 Å². The number of rotatable bonds is 6. The number of carbonyl (C=O) groups excluding carboxylic acids is 1. The third-order valence-corrected chi connectivity index (χ3v) is 6.20. The van der Waals surface area contributed by atoms with Gasteiger partial charge in [0.05, 0.1) is 5.41 Å². The Morgan fingerprint density at radius 2 is 1.82 bits per heavy atom. The molecular formula is C23H25NO4. The van der Waals surface area contributed by atoms with Gasteiger partial charge in [0, 0.05) is 12.1 Å². The minimum atomic E-state index is -0.913. The lowest BCUT2D eigenvalue weighted by atomic mass is 9.70. The van der Waals surface area contributed by atoms with Gasteiger partial charge in [-0.05, 0) is 50.3 Å². The third kappa shape index (κ3) is 3.26. The van der Waals surface area contributed by atoms with Crippen LogP contribution in [0, 0.1) is 12.3 Å². The molecule has 0 unspecified atom stereocenters. The number of benzene rings is 2. The lowest BCUT2D eigenvalue weighted by molar-refractivity contribution is -0.151. The second kappa shape index (κ2) is 7.30. The maximum Gasteiger partial charge on any atom is 0.312 e. The molecule has 2 saturated heterocycles. The Balaban J connectivity index is 1.50. The van der Waals surface area contributed by atoms with Crippen molar-refractivity contribution in [3.63, 3.8) is 0 Å². The van der Waals surface area contributed by atoms with Gasteiger partial charge in [0.25, 0.3) is 5.91 Å². The fourth-order valence-electron chi connectivity index (χ4n) is 4.87. The number of carbonyl (C=O) groups is 2. The van der Waals surface area contributed by atoms with Gasteiger partial charge in [-0.15, -0.1) is 0 Å². The fraction of sp³-hybridized carbons (Fsp3) is 0.391. The fourth-order valence-corrected chi connectivity index (χ4v) is 4.87. The summed E-state index contributed by atoms with van der Waals surface area (Å²) in [6.07, 6.45) is 2.57. The van der Waals surface area contributed by atoms with Crippen LogP contribution in [0.3, 0.4) is 0 Å². The zero-order valence-electron chi connectivity index (χ0n) is 16.0. The molecule has 4 rings (SSSR count). The van der Waals surface area contributed by atoms with E-state index in [1.54, 1.807) is 4.90 Å². The first-order valence-electron chi connectivity index (χ1n) is 9.77. The van der Waals surface area contributed by atoms with Crippen LogP contribution in [0.4, 0.5) is 0 Å². The molecule has 2 heterocycles. The topological polar surface area (TPSA) is 66.8 Å². The standard InChI is InChI=1S/C23H25NO4/c1-16-7-10-19(11-8-16)28-15-21(25)24-18-9-12-20(24)23(14-18,22(26)27)13-17-5-3-2-4-6-17/h2-8,10-11,18,20H,9,12-15H2,1H3,(H,26,27)/t18-,20+,23+/m0/s1. The summed E-state index contributed by atoms with van der Waals surface area (Å²) in [5.41, 5.74) is 1.22. The first-order valence-corrected chi connectivity index (χ1v) is 9.77. The number of carboxylic acids is 1. The number of nitrogens with zero attached hydrogens (tertiary/aromatic N) is 1. The smallest absolute Gasteiger partial charge is 0.312 e. The summed E-state index contributed by atoms with van der Waals surface area (Å²) < 4.78 is 5.67. The lowest BCUT2D eigenvalue weighted by Gasteiger charge is -2.33. The molecule has 2 bridgehead atoms. The van der Waals surface area contributed by atoms with E-state index in [1.165, 1.54) is 0 Å². The Kier molecular flexibility index (Phi) is 4.84. The second-order valence-electron chi connectivity index (χ2n) is 7.98.